The highest BCUT2D eigenvalue weighted by Crippen LogP contribution is 2.22. The monoisotopic (exact) mass is 469 g/mol. The summed E-state index contributed by atoms with van der Waals surface area (Å²) in [6.45, 7) is 2.80. The number of thioether (sulfide) groups is 1. The molecule has 0 aliphatic carbocycles. The molecule has 2 aromatic rings. The van der Waals surface area contributed by atoms with Crippen LogP contribution >= 0.6 is 34.7 Å². The molecule has 1 aromatic carbocycles. The number of thiazole rings is 1. The Hall–Kier alpha value is -1.84. The Bertz CT molecular complexity index is 1020. The van der Waals surface area contributed by atoms with Gasteiger partial charge in [0.15, 0.2) is 4.80 Å². The number of carbonyl (C=O) groups excluding carboxylic acids is 3. The molecular weight excluding hydrogens is 446 g/mol. The van der Waals surface area contributed by atoms with Crippen LogP contribution in [0.25, 0.3) is 10.2 Å². The maximum absolute atomic E-state index is 12.4. The molecule has 1 atom stereocenters. The number of piperidine rings is 1. The number of aromatic nitrogens is 1. The number of amides is 2. The molecule has 1 aliphatic rings. The fourth-order valence-corrected chi connectivity index (χ4v) is 5.40. The number of hydrogen-bond donors (Lipinski definition) is 0. The molecule has 2 amide bonds. The van der Waals surface area contributed by atoms with Gasteiger partial charge < -0.3 is 14.2 Å². The normalized spacial score (nSPS) is 17.4. The molecule has 0 bridgehead atoms. The molecule has 0 radical (unpaired) electrons. The minimum Gasteiger partial charge on any atom is -0.468 e. The molecule has 2 heterocycles. The lowest BCUT2D eigenvalue weighted by Gasteiger charge is -2.33. The second kappa shape index (κ2) is 10.5. The van der Waals surface area contributed by atoms with Crippen molar-refractivity contribution in [3.8, 4) is 0 Å². The Morgan fingerprint density at radius 1 is 1.30 bits per heavy atom. The molecule has 7 nitrogen and oxygen atoms in total. The van der Waals surface area contributed by atoms with Crippen molar-refractivity contribution in [1.82, 2.24) is 9.47 Å². The first-order valence-electron chi connectivity index (χ1n) is 9.69. The van der Waals surface area contributed by atoms with Crippen LogP contribution in [-0.2, 0) is 25.7 Å². The predicted octanol–water partition coefficient (Wildman–Crippen LogP) is 3.09. The topological polar surface area (TPSA) is 81.0 Å². The number of carbonyl (C=O) groups is 3. The van der Waals surface area contributed by atoms with Crippen molar-refractivity contribution >= 4 is 62.7 Å². The van der Waals surface area contributed by atoms with Crippen molar-refractivity contribution in [2.45, 2.75) is 38.8 Å². The van der Waals surface area contributed by atoms with E-state index in [1.807, 2.05) is 4.90 Å². The van der Waals surface area contributed by atoms with E-state index in [4.69, 9.17) is 16.3 Å². The number of rotatable bonds is 6. The fourth-order valence-electron chi connectivity index (χ4n) is 3.39. The molecule has 3 rings (SSSR count). The van der Waals surface area contributed by atoms with Crippen LogP contribution in [0.5, 0.6) is 0 Å². The van der Waals surface area contributed by atoms with E-state index in [9.17, 15) is 14.4 Å². The van der Waals surface area contributed by atoms with E-state index in [1.165, 1.54) is 30.2 Å². The summed E-state index contributed by atoms with van der Waals surface area (Å²) in [5.74, 6) is -0.362. The summed E-state index contributed by atoms with van der Waals surface area (Å²) in [5, 5.41) is 0.563. The molecule has 1 saturated heterocycles. The summed E-state index contributed by atoms with van der Waals surface area (Å²) in [6, 6.07) is 5.54. The lowest BCUT2D eigenvalue weighted by Crippen LogP contribution is -2.43. The van der Waals surface area contributed by atoms with Gasteiger partial charge in [-0.3, -0.25) is 14.4 Å². The van der Waals surface area contributed by atoms with Gasteiger partial charge in [0, 0.05) is 17.6 Å². The fraction of sp³-hybridized carbons (Fsp3) is 0.500. The molecule has 1 aromatic heterocycles. The average Bonchev–Trinajstić information content (AvgIpc) is 3.03. The Morgan fingerprint density at radius 2 is 2.10 bits per heavy atom. The molecule has 0 saturated carbocycles. The van der Waals surface area contributed by atoms with Crippen molar-refractivity contribution in [2.24, 2.45) is 4.99 Å². The summed E-state index contributed by atoms with van der Waals surface area (Å²) in [5.41, 5.74) is 0.753. The number of benzene rings is 1. The quantitative estimate of drug-likeness (QED) is 0.607. The maximum Gasteiger partial charge on any atom is 0.325 e. The number of esters is 1. The first-order chi connectivity index (χ1) is 14.4. The van der Waals surface area contributed by atoms with E-state index < -0.39 is 5.97 Å². The highest BCUT2D eigenvalue weighted by atomic mass is 35.5. The number of likely N-dealkylation sites (tertiary alicyclic amines) is 1. The molecule has 10 heteroatoms. The summed E-state index contributed by atoms with van der Waals surface area (Å²) in [4.78, 5) is 43.1. The Morgan fingerprint density at radius 3 is 2.83 bits per heavy atom. The smallest absolute Gasteiger partial charge is 0.325 e. The van der Waals surface area contributed by atoms with Crippen LogP contribution in [0.1, 0.15) is 26.2 Å². The van der Waals surface area contributed by atoms with Gasteiger partial charge in [0.1, 0.15) is 6.54 Å². The summed E-state index contributed by atoms with van der Waals surface area (Å²) in [7, 11) is 1.31. The Labute approximate surface area is 188 Å². The standard InChI is InChI=1S/C20H24ClN3O4S2/c1-13-5-3-4-8-23(13)18(26)12-29-11-17(25)22-20-24(10-19(27)28-2)15-7-6-14(21)9-16(15)30-20/h6-7,9,13H,3-5,8,10-12H2,1-2H3. The highest BCUT2D eigenvalue weighted by Gasteiger charge is 2.23. The maximum atomic E-state index is 12.4. The van der Waals surface area contributed by atoms with Gasteiger partial charge in [-0.05, 0) is 44.4 Å². The van der Waals surface area contributed by atoms with E-state index >= 15 is 0 Å². The molecule has 0 spiro atoms. The second-order valence-corrected chi connectivity index (χ2v) is 9.52. The van der Waals surface area contributed by atoms with Crippen molar-refractivity contribution < 1.29 is 19.1 Å². The summed E-state index contributed by atoms with van der Waals surface area (Å²) >= 11 is 8.61. The lowest BCUT2D eigenvalue weighted by molar-refractivity contribution is -0.141. The van der Waals surface area contributed by atoms with E-state index in [2.05, 4.69) is 11.9 Å². The van der Waals surface area contributed by atoms with Crippen LogP contribution in [0.2, 0.25) is 5.02 Å². The SMILES string of the molecule is COC(=O)Cn1c(=NC(=O)CSCC(=O)N2CCCCC2C)sc2cc(Cl)ccc21. The van der Waals surface area contributed by atoms with Gasteiger partial charge >= 0.3 is 5.97 Å². The number of nitrogens with zero attached hydrogens (tertiary/aromatic N) is 3. The zero-order valence-electron chi connectivity index (χ0n) is 16.9. The van der Waals surface area contributed by atoms with Gasteiger partial charge in [0.2, 0.25) is 5.91 Å². The van der Waals surface area contributed by atoms with E-state index in [-0.39, 0.29) is 35.9 Å². The number of halogens is 1. The number of hydrogen-bond acceptors (Lipinski definition) is 6. The third kappa shape index (κ3) is 5.65. The Balaban J connectivity index is 1.70. The lowest BCUT2D eigenvalue weighted by atomic mass is 10.0. The van der Waals surface area contributed by atoms with Crippen molar-refractivity contribution in [3.05, 3.63) is 28.0 Å². The van der Waals surface area contributed by atoms with E-state index in [1.54, 1.807) is 22.8 Å². The zero-order valence-corrected chi connectivity index (χ0v) is 19.3. The molecule has 0 N–H and O–H groups in total. The molecule has 1 fully saturated rings. The van der Waals surface area contributed by atoms with Crippen LogP contribution < -0.4 is 4.80 Å². The number of methoxy groups -OCH3 is 1. The zero-order chi connectivity index (χ0) is 21.7. The molecule has 1 aliphatic heterocycles. The van der Waals surface area contributed by atoms with Crippen LogP contribution in [-0.4, -0.2) is 58.5 Å². The largest absolute Gasteiger partial charge is 0.468 e. The second-order valence-electron chi connectivity index (χ2n) is 7.09. The third-order valence-electron chi connectivity index (χ3n) is 4.95. The van der Waals surface area contributed by atoms with Crippen molar-refractivity contribution in [2.75, 3.05) is 25.2 Å². The van der Waals surface area contributed by atoms with Crippen LogP contribution in [0.15, 0.2) is 23.2 Å². The predicted molar refractivity (Wildman–Crippen MR) is 120 cm³/mol. The average molecular weight is 470 g/mol. The first-order valence-corrected chi connectivity index (χ1v) is 12.0. The van der Waals surface area contributed by atoms with Gasteiger partial charge in [-0.15, -0.1) is 11.8 Å². The minimum absolute atomic E-state index is 0.0529. The van der Waals surface area contributed by atoms with Gasteiger partial charge in [0.05, 0.1) is 28.8 Å². The highest BCUT2D eigenvalue weighted by molar-refractivity contribution is 8.00. The van der Waals surface area contributed by atoms with Crippen molar-refractivity contribution in [1.29, 1.82) is 0 Å². The number of ether oxygens (including phenoxy) is 1. The van der Waals surface area contributed by atoms with Crippen LogP contribution in [0.3, 0.4) is 0 Å². The molecule has 1 unspecified atom stereocenters. The first kappa shape index (κ1) is 22.8. The van der Waals surface area contributed by atoms with Gasteiger partial charge in [-0.2, -0.15) is 4.99 Å². The Kier molecular flexibility index (Phi) is 7.96. The molecule has 162 valence electrons. The molecular formula is C20H24ClN3O4S2. The third-order valence-corrected chi connectivity index (χ3v) is 7.13. The van der Waals surface area contributed by atoms with E-state index in [0.29, 0.717) is 9.82 Å². The summed E-state index contributed by atoms with van der Waals surface area (Å²) in [6.07, 6.45) is 3.22. The van der Waals surface area contributed by atoms with Crippen LogP contribution in [0, 0.1) is 0 Å². The van der Waals surface area contributed by atoms with Gasteiger partial charge in [-0.25, -0.2) is 0 Å². The van der Waals surface area contributed by atoms with Gasteiger partial charge in [0.25, 0.3) is 5.91 Å². The summed E-state index contributed by atoms with van der Waals surface area (Å²) < 4.78 is 7.22. The van der Waals surface area contributed by atoms with E-state index in [0.717, 1.165) is 36.0 Å². The van der Waals surface area contributed by atoms with Gasteiger partial charge in [-0.1, -0.05) is 22.9 Å². The van der Waals surface area contributed by atoms with Crippen LogP contribution in [0.4, 0.5) is 0 Å². The minimum atomic E-state index is -0.436. The molecule has 30 heavy (non-hydrogen) atoms. The number of fused-ring (bicyclic) bond motifs is 1. The van der Waals surface area contributed by atoms with Crippen molar-refractivity contribution in [3.63, 3.8) is 0 Å².